The number of para-hydroxylation sites is 1. The van der Waals surface area contributed by atoms with Gasteiger partial charge in [-0.1, -0.05) is 66.7 Å². The average Bonchev–Trinajstić information content (AvgIpc) is 2.69. The molecule has 3 aromatic carbocycles. The Bertz CT molecular complexity index is 794. The van der Waals surface area contributed by atoms with Crippen molar-refractivity contribution in [1.82, 2.24) is 0 Å². The molecule has 0 radical (unpaired) electrons. The first-order chi connectivity index (χ1) is 12.2. The third-order valence-electron chi connectivity index (χ3n) is 4.07. The molecule has 0 aliphatic rings. The van der Waals surface area contributed by atoms with Crippen molar-refractivity contribution in [3.63, 3.8) is 0 Å². The van der Waals surface area contributed by atoms with Crippen molar-refractivity contribution < 1.29 is 9.53 Å². The summed E-state index contributed by atoms with van der Waals surface area (Å²) in [5.74, 6) is -0.309. The Morgan fingerprint density at radius 3 is 1.92 bits per heavy atom. The molecule has 1 atom stereocenters. The summed E-state index contributed by atoms with van der Waals surface area (Å²) in [5.41, 5.74) is 2.62. The van der Waals surface area contributed by atoms with Crippen LogP contribution in [0.5, 0.6) is 0 Å². The molecule has 0 aromatic heterocycles. The number of rotatable bonds is 6. The third kappa shape index (κ3) is 5.11. The van der Waals surface area contributed by atoms with Crippen molar-refractivity contribution in [2.45, 2.75) is 6.10 Å². The van der Waals surface area contributed by atoms with Crippen LogP contribution < -0.4 is 4.90 Å². The van der Waals surface area contributed by atoms with Gasteiger partial charge in [-0.25, -0.2) is 4.79 Å². The average molecular weight is 368 g/mol. The number of likely N-dealkylation sites (N-methyl/N-ethyl adjacent to an activating group) is 1. The Hall–Kier alpha value is -2.78. The lowest BCUT2D eigenvalue weighted by Gasteiger charge is -2.26. The van der Waals surface area contributed by atoms with Gasteiger partial charge in [0.05, 0.1) is 12.1 Å². The van der Waals surface area contributed by atoms with Crippen molar-refractivity contribution in [3.05, 3.63) is 102 Å². The van der Waals surface area contributed by atoms with Crippen LogP contribution in [0, 0.1) is 0 Å². The largest absolute Gasteiger partial charge is 0.452 e. The summed E-state index contributed by atoms with van der Waals surface area (Å²) in [6.45, 7) is 0.576. The molecule has 0 spiro atoms. The first-order valence-corrected chi connectivity index (χ1v) is 8.31. The van der Waals surface area contributed by atoms with Gasteiger partial charge in [0.2, 0.25) is 0 Å². The van der Waals surface area contributed by atoms with Gasteiger partial charge in [-0.3, -0.25) is 0 Å². The van der Waals surface area contributed by atoms with Crippen LogP contribution in [0.25, 0.3) is 0 Å². The van der Waals surface area contributed by atoms with Crippen LogP contribution in [0.1, 0.15) is 22.0 Å². The fourth-order valence-corrected chi connectivity index (χ4v) is 2.69. The number of anilines is 1. The molecule has 0 heterocycles. The number of hydrogen-bond acceptors (Lipinski definition) is 3. The normalized spacial score (nSPS) is 11.1. The zero-order valence-electron chi connectivity index (χ0n) is 14.6. The minimum atomic E-state index is -0.348. The molecule has 3 nitrogen and oxygen atoms in total. The second-order valence-corrected chi connectivity index (χ2v) is 5.89. The predicted octanol–water partition coefficient (Wildman–Crippen LogP) is 5.14. The Kier molecular flexibility index (Phi) is 7.24. The van der Waals surface area contributed by atoms with Gasteiger partial charge in [0.1, 0.15) is 6.10 Å². The van der Waals surface area contributed by atoms with E-state index in [9.17, 15) is 4.79 Å². The third-order valence-corrected chi connectivity index (χ3v) is 4.07. The number of nitrogens with zero attached hydrogens (tertiary/aromatic N) is 1. The molecule has 0 amide bonds. The van der Waals surface area contributed by atoms with E-state index in [1.807, 2.05) is 85.9 Å². The maximum absolute atomic E-state index is 12.5. The van der Waals surface area contributed by atoms with Crippen molar-refractivity contribution >= 4 is 24.1 Å². The van der Waals surface area contributed by atoms with E-state index in [4.69, 9.17) is 4.74 Å². The van der Waals surface area contributed by atoms with E-state index in [2.05, 4.69) is 4.90 Å². The molecule has 0 aliphatic carbocycles. The predicted molar refractivity (Wildman–Crippen MR) is 108 cm³/mol. The molecule has 1 unspecified atom stereocenters. The molecule has 0 N–H and O–H groups in total. The smallest absolute Gasteiger partial charge is 0.338 e. The molecule has 0 saturated carbocycles. The standard InChI is InChI=1S/C22H21NO2.ClH/c1-23(20-15-9-4-10-16-20)17-21(18-11-5-2-6-12-18)25-22(24)19-13-7-3-8-14-19;/h2-16,21H,17H2,1H3;1H. The minimum absolute atomic E-state index is 0. The maximum atomic E-state index is 12.5. The van der Waals surface area contributed by atoms with Gasteiger partial charge in [-0.15, -0.1) is 12.4 Å². The Morgan fingerprint density at radius 2 is 1.35 bits per heavy atom. The highest BCUT2D eigenvalue weighted by atomic mass is 35.5. The van der Waals surface area contributed by atoms with E-state index in [1.165, 1.54) is 0 Å². The van der Waals surface area contributed by atoms with Crippen molar-refractivity contribution in [2.75, 3.05) is 18.5 Å². The number of ether oxygens (including phenoxy) is 1. The molecule has 0 aliphatic heterocycles. The SMILES string of the molecule is CN(CC(OC(=O)c1ccccc1)c1ccccc1)c1ccccc1.Cl. The molecular weight excluding hydrogens is 346 g/mol. The van der Waals surface area contributed by atoms with Crippen molar-refractivity contribution in [2.24, 2.45) is 0 Å². The van der Waals surface area contributed by atoms with Gasteiger partial charge in [-0.05, 0) is 29.8 Å². The van der Waals surface area contributed by atoms with Crippen LogP contribution in [-0.4, -0.2) is 19.6 Å². The Labute approximate surface area is 160 Å². The number of halogens is 1. The fraction of sp³-hybridized carbons (Fsp3) is 0.136. The minimum Gasteiger partial charge on any atom is -0.452 e. The maximum Gasteiger partial charge on any atom is 0.338 e. The highest BCUT2D eigenvalue weighted by molar-refractivity contribution is 5.89. The van der Waals surface area contributed by atoms with Crippen LogP contribution in [0.3, 0.4) is 0 Å². The molecule has 134 valence electrons. The zero-order valence-corrected chi connectivity index (χ0v) is 15.4. The summed E-state index contributed by atoms with van der Waals surface area (Å²) in [4.78, 5) is 14.6. The number of benzene rings is 3. The lowest BCUT2D eigenvalue weighted by atomic mass is 10.1. The van der Waals surface area contributed by atoms with E-state index < -0.39 is 0 Å². The van der Waals surface area contributed by atoms with Crippen LogP contribution >= 0.6 is 12.4 Å². The van der Waals surface area contributed by atoms with E-state index in [0.29, 0.717) is 12.1 Å². The fourth-order valence-electron chi connectivity index (χ4n) is 2.69. The van der Waals surface area contributed by atoms with Gasteiger partial charge < -0.3 is 9.64 Å². The molecule has 26 heavy (non-hydrogen) atoms. The molecular formula is C22H22ClNO2. The molecule has 0 bridgehead atoms. The second kappa shape index (κ2) is 9.64. The molecule has 3 aromatic rings. The van der Waals surface area contributed by atoms with Gasteiger partial charge in [0.25, 0.3) is 0 Å². The number of carbonyl (C=O) groups is 1. The number of esters is 1. The Morgan fingerprint density at radius 1 is 0.846 bits per heavy atom. The summed E-state index contributed by atoms with van der Waals surface area (Å²) in [5, 5.41) is 0. The quantitative estimate of drug-likeness (QED) is 0.565. The highest BCUT2D eigenvalue weighted by Gasteiger charge is 2.20. The van der Waals surface area contributed by atoms with Crippen LogP contribution in [0.15, 0.2) is 91.0 Å². The van der Waals surface area contributed by atoms with Crippen LogP contribution in [-0.2, 0) is 4.74 Å². The lowest BCUT2D eigenvalue weighted by molar-refractivity contribution is 0.0314. The Balaban J connectivity index is 0.00000243. The van der Waals surface area contributed by atoms with E-state index in [0.717, 1.165) is 11.3 Å². The molecule has 4 heteroatoms. The van der Waals surface area contributed by atoms with E-state index in [1.54, 1.807) is 12.1 Å². The van der Waals surface area contributed by atoms with Crippen LogP contribution in [0.4, 0.5) is 5.69 Å². The molecule has 0 fully saturated rings. The lowest BCUT2D eigenvalue weighted by Crippen LogP contribution is -2.27. The zero-order chi connectivity index (χ0) is 17.5. The highest BCUT2D eigenvalue weighted by Crippen LogP contribution is 2.23. The topological polar surface area (TPSA) is 29.5 Å². The summed E-state index contributed by atoms with van der Waals surface area (Å²) >= 11 is 0. The molecule has 3 rings (SSSR count). The van der Waals surface area contributed by atoms with Crippen molar-refractivity contribution in [3.8, 4) is 0 Å². The van der Waals surface area contributed by atoms with Gasteiger partial charge in [0, 0.05) is 12.7 Å². The summed E-state index contributed by atoms with van der Waals surface area (Å²) < 4.78 is 5.83. The molecule has 0 saturated heterocycles. The summed E-state index contributed by atoms with van der Waals surface area (Å²) in [6, 6.07) is 29.0. The van der Waals surface area contributed by atoms with Crippen LogP contribution in [0.2, 0.25) is 0 Å². The first kappa shape index (κ1) is 19.5. The number of hydrogen-bond donors (Lipinski definition) is 0. The monoisotopic (exact) mass is 367 g/mol. The van der Waals surface area contributed by atoms with Gasteiger partial charge in [-0.2, -0.15) is 0 Å². The second-order valence-electron chi connectivity index (χ2n) is 5.89. The summed E-state index contributed by atoms with van der Waals surface area (Å²) in [7, 11) is 2.00. The van der Waals surface area contributed by atoms with E-state index in [-0.39, 0.29) is 24.5 Å². The van der Waals surface area contributed by atoms with Gasteiger partial charge >= 0.3 is 5.97 Å². The van der Waals surface area contributed by atoms with E-state index >= 15 is 0 Å². The van der Waals surface area contributed by atoms with Crippen molar-refractivity contribution in [1.29, 1.82) is 0 Å². The van der Waals surface area contributed by atoms with Gasteiger partial charge in [0.15, 0.2) is 0 Å². The summed E-state index contributed by atoms with van der Waals surface area (Å²) in [6.07, 6.45) is -0.348. The number of carbonyl (C=O) groups excluding carboxylic acids is 1. The first-order valence-electron chi connectivity index (χ1n) is 8.31.